The lowest BCUT2D eigenvalue weighted by Crippen LogP contribution is -2.52. The van der Waals surface area contributed by atoms with Gasteiger partial charge in [-0.2, -0.15) is 0 Å². The molecule has 10 nitrogen and oxygen atoms in total. The van der Waals surface area contributed by atoms with E-state index in [2.05, 4.69) is 35.0 Å². The molecule has 0 saturated heterocycles. The maximum atomic E-state index is 13.0. The Hall–Kier alpha value is -3.63. The van der Waals surface area contributed by atoms with Crippen molar-refractivity contribution in [2.24, 2.45) is 17.1 Å². The summed E-state index contributed by atoms with van der Waals surface area (Å²) < 4.78 is 16.6. The van der Waals surface area contributed by atoms with Gasteiger partial charge in [0.1, 0.15) is 24.5 Å². The number of nitrogens with two attached hydrogens (primary N) is 1. The van der Waals surface area contributed by atoms with Crippen molar-refractivity contribution >= 4 is 17.9 Å². The number of carbonyl (C=O) groups excluding carboxylic acids is 3. The van der Waals surface area contributed by atoms with Crippen molar-refractivity contribution in [1.82, 2.24) is 16.0 Å². The van der Waals surface area contributed by atoms with Crippen molar-refractivity contribution in [2.45, 2.75) is 85.5 Å². The summed E-state index contributed by atoms with van der Waals surface area (Å²) >= 11 is 0. The largest absolute Gasteiger partial charge is 0.499 e. The molecule has 0 bridgehead atoms. The first-order valence-corrected chi connectivity index (χ1v) is 15.3. The molecule has 0 aromatic heterocycles. The Morgan fingerprint density at radius 2 is 1.86 bits per heavy atom. The van der Waals surface area contributed by atoms with Crippen molar-refractivity contribution in [2.75, 3.05) is 26.8 Å². The average Bonchev–Trinajstić information content (AvgIpc) is 2.98. The monoisotopic (exact) mass is 614 g/mol. The zero-order valence-corrected chi connectivity index (χ0v) is 27.6. The van der Waals surface area contributed by atoms with Gasteiger partial charge >= 0.3 is 6.09 Å². The molecule has 0 saturated carbocycles. The smallest absolute Gasteiger partial charge is 0.407 e. The predicted molar refractivity (Wildman–Crippen MR) is 175 cm³/mol. The molecule has 0 fully saturated rings. The molecule has 0 aliphatic carbocycles. The Kier molecular flexibility index (Phi) is 18.4. The number of nitrogens with one attached hydrogen (secondary N) is 3. The first-order valence-electron chi connectivity index (χ1n) is 15.3. The van der Waals surface area contributed by atoms with Crippen LogP contribution in [0.1, 0.15) is 67.2 Å². The van der Waals surface area contributed by atoms with Crippen molar-refractivity contribution in [1.29, 1.82) is 0 Å². The Morgan fingerprint density at radius 1 is 1.16 bits per heavy atom. The molecule has 3 amide bonds. The molecule has 44 heavy (non-hydrogen) atoms. The van der Waals surface area contributed by atoms with E-state index in [-0.39, 0.29) is 23.8 Å². The fourth-order valence-electron chi connectivity index (χ4n) is 4.28. The Morgan fingerprint density at radius 3 is 2.48 bits per heavy atom. The van der Waals surface area contributed by atoms with Crippen molar-refractivity contribution in [3.63, 3.8) is 0 Å². The summed E-state index contributed by atoms with van der Waals surface area (Å²) in [5.74, 6) is 0.359. The molecule has 0 aromatic carbocycles. The van der Waals surface area contributed by atoms with Gasteiger partial charge in [-0.3, -0.25) is 9.59 Å². The number of rotatable bonds is 17. The van der Waals surface area contributed by atoms with Gasteiger partial charge in [-0.25, -0.2) is 4.79 Å². The molecule has 0 aromatic rings. The van der Waals surface area contributed by atoms with Crippen LogP contribution in [-0.4, -0.2) is 63.0 Å². The van der Waals surface area contributed by atoms with Crippen molar-refractivity contribution < 1.29 is 28.6 Å². The Labute approximate surface area is 263 Å². The van der Waals surface area contributed by atoms with Gasteiger partial charge in [0.05, 0.1) is 13.2 Å². The zero-order valence-electron chi connectivity index (χ0n) is 27.6. The van der Waals surface area contributed by atoms with Crippen LogP contribution in [0.4, 0.5) is 4.79 Å². The lowest BCUT2D eigenvalue weighted by atomic mass is 9.86. The van der Waals surface area contributed by atoms with Crippen LogP contribution in [0.25, 0.3) is 0 Å². The highest BCUT2D eigenvalue weighted by atomic mass is 16.6. The lowest BCUT2D eigenvalue weighted by molar-refractivity contribution is -0.129. The topological polar surface area (TPSA) is 141 Å². The minimum Gasteiger partial charge on any atom is -0.499 e. The second-order valence-corrected chi connectivity index (χ2v) is 11.8. The predicted octanol–water partition coefficient (Wildman–Crippen LogP) is 4.96. The molecule has 246 valence electrons. The second-order valence-electron chi connectivity index (χ2n) is 11.8. The summed E-state index contributed by atoms with van der Waals surface area (Å²) in [5, 5.41) is 8.23. The molecule has 0 radical (unpaired) electrons. The second kappa shape index (κ2) is 21.1. The van der Waals surface area contributed by atoms with E-state index in [0.29, 0.717) is 39.0 Å². The average molecular weight is 615 g/mol. The molecule has 1 aliphatic rings. The number of hydrogen-bond donors (Lipinski definition) is 4. The molecule has 5 N–H and O–H groups in total. The van der Waals surface area contributed by atoms with Gasteiger partial charge in [0.25, 0.3) is 0 Å². The quantitative estimate of drug-likeness (QED) is 0.0785. The summed E-state index contributed by atoms with van der Waals surface area (Å²) in [4.78, 5) is 37.7. The van der Waals surface area contributed by atoms with E-state index in [1.807, 2.05) is 52.8 Å². The van der Waals surface area contributed by atoms with Gasteiger partial charge in [0.15, 0.2) is 0 Å². The lowest BCUT2D eigenvalue weighted by Gasteiger charge is -2.29. The van der Waals surface area contributed by atoms with Crippen LogP contribution >= 0.6 is 0 Å². The van der Waals surface area contributed by atoms with Gasteiger partial charge in [-0.05, 0) is 50.9 Å². The highest BCUT2D eigenvalue weighted by Gasteiger charge is 2.32. The zero-order chi connectivity index (χ0) is 33.0. The molecular formula is C34H54N4O6. The summed E-state index contributed by atoms with van der Waals surface area (Å²) in [5.41, 5.74) is 5.97. The fourth-order valence-corrected chi connectivity index (χ4v) is 4.28. The first kappa shape index (κ1) is 38.4. The number of allylic oxidation sites excluding steroid dienone is 5. The summed E-state index contributed by atoms with van der Waals surface area (Å²) in [6.07, 6.45) is 19.6. The van der Waals surface area contributed by atoms with Crippen LogP contribution in [0, 0.1) is 11.3 Å². The van der Waals surface area contributed by atoms with Gasteiger partial charge in [-0.15, -0.1) is 0 Å². The number of ether oxygens (including phenoxy) is 3. The van der Waals surface area contributed by atoms with Gasteiger partial charge in [-0.1, -0.05) is 75.8 Å². The normalized spacial score (nSPS) is 18.3. The van der Waals surface area contributed by atoms with Crippen LogP contribution in [0.2, 0.25) is 0 Å². The van der Waals surface area contributed by atoms with Gasteiger partial charge < -0.3 is 35.9 Å². The van der Waals surface area contributed by atoms with Gasteiger partial charge in [0.2, 0.25) is 11.8 Å². The molecule has 1 heterocycles. The molecular weight excluding hydrogens is 560 g/mol. The van der Waals surface area contributed by atoms with Crippen LogP contribution in [0.15, 0.2) is 72.2 Å². The van der Waals surface area contributed by atoms with Crippen LogP contribution < -0.4 is 21.7 Å². The molecule has 1 rings (SSSR count). The third-order valence-corrected chi connectivity index (χ3v) is 6.83. The van der Waals surface area contributed by atoms with Crippen LogP contribution in [0.5, 0.6) is 0 Å². The number of amides is 3. The summed E-state index contributed by atoms with van der Waals surface area (Å²) in [6, 6.07) is -0.776. The summed E-state index contributed by atoms with van der Waals surface area (Å²) in [6.45, 7) is 13.1. The molecule has 0 spiro atoms. The van der Waals surface area contributed by atoms with E-state index in [1.165, 1.54) is 12.3 Å². The first-order chi connectivity index (χ1) is 20.9. The number of alkyl carbamates (subject to hydrolysis) is 1. The van der Waals surface area contributed by atoms with Crippen molar-refractivity contribution in [3.8, 4) is 0 Å². The van der Waals surface area contributed by atoms with E-state index in [1.54, 1.807) is 25.3 Å². The van der Waals surface area contributed by atoms with Crippen molar-refractivity contribution in [3.05, 3.63) is 72.2 Å². The Balaban J connectivity index is 2.66. The molecule has 10 heteroatoms. The van der Waals surface area contributed by atoms with E-state index in [9.17, 15) is 14.4 Å². The molecule has 1 aliphatic heterocycles. The van der Waals surface area contributed by atoms with E-state index < -0.39 is 23.7 Å². The minimum absolute atomic E-state index is 0.0972. The Bertz CT molecular complexity index is 1080. The highest BCUT2D eigenvalue weighted by Crippen LogP contribution is 2.22. The SMILES string of the molecule is C/C=C\C[C@@H](C/C=C\NC(=O)[C@@H](NC(=O)\C=C/C=C\C(C)=C\[C@H](C)[C@@H]1CC=C(OC)CO1)C(C)(C)C)OC(=O)NCCCN. The minimum atomic E-state index is -0.776. The maximum absolute atomic E-state index is 13.0. The standard InChI is InChI=1S/C34H54N4O6/c1-8-9-15-27(44-33(41)37-22-13-20-35)16-12-21-36-32(40)31(34(4,5)6)38-30(39)17-11-10-14-25(2)23-26(3)29-19-18-28(42-7)24-43-29/h8-12,14,17-18,21,23,26-27,29,31H,13,15-16,19-20,22,24,35H2,1-7H3,(H,36,40)(H,37,41)(H,38,39)/b9-8-,14-10-,17-11-,21-12-,25-23+/t26-,27-,29-,31+/m0/s1. The van der Waals surface area contributed by atoms with Gasteiger partial charge in [0, 0.05) is 31.4 Å². The van der Waals surface area contributed by atoms with Crippen LogP contribution in [-0.2, 0) is 23.8 Å². The van der Waals surface area contributed by atoms with E-state index in [4.69, 9.17) is 19.9 Å². The third-order valence-electron chi connectivity index (χ3n) is 6.83. The number of methoxy groups -OCH3 is 1. The third kappa shape index (κ3) is 16.3. The number of hydrogen-bond acceptors (Lipinski definition) is 7. The fraction of sp³-hybridized carbons (Fsp3) is 0.559. The van der Waals surface area contributed by atoms with Crippen LogP contribution in [0.3, 0.4) is 0 Å². The highest BCUT2D eigenvalue weighted by molar-refractivity contribution is 5.93. The van der Waals surface area contributed by atoms with E-state index >= 15 is 0 Å². The maximum Gasteiger partial charge on any atom is 0.407 e. The van der Waals surface area contributed by atoms with E-state index in [0.717, 1.165) is 17.8 Å². The number of carbonyl (C=O) groups is 3. The molecule has 4 atom stereocenters. The molecule has 0 unspecified atom stereocenters. The summed E-state index contributed by atoms with van der Waals surface area (Å²) in [7, 11) is 1.65.